The minimum Gasteiger partial charge on any atom is -0.325 e. The first-order valence-corrected chi connectivity index (χ1v) is 13.7. The minimum absolute atomic E-state index is 0.0691. The van der Waals surface area contributed by atoms with Crippen molar-refractivity contribution >= 4 is 54.8 Å². The van der Waals surface area contributed by atoms with Gasteiger partial charge in [-0.1, -0.05) is 29.8 Å². The summed E-state index contributed by atoms with van der Waals surface area (Å²) in [4.78, 5) is 12.6. The van der Waals surface area contributed by atoms with Crippen molar-refractivity contribution in [1.82, 2.24) is 4.31 Å². The van der Waals surface area contributed by atoms with Crippen LogP contribution in [0.2, 0.25) is 5.02 Å². The standard InChI is InChI=1S/C23H24ClFN4O5S2/c1-16-8-9-18(14-20(16)24)27-35(31,32)19-12-10-17(11-13-19)26-23(30)15-29(36(33,34)28(2)3)22-7-5-4-6-21(22)25/h4-14,27H,15H2,1-3H3,(H,26,30). The van der Waals surface area contributed by atoms with Crippen LogP contribution in [0.25, 0.3) is 0 Å². The number of rotatable bonds is 9. The number of benzene rings is 3. The molecule has 0 atom stereocenters. The largest absolute Gasteiger partial charge is 0.325 e. The SMILES string of the molecule is Cc1ccc(NS(=O)(=O)c2ccc(NC(=O)CN(c3ccccc3F)S(=O)(=O)N(C)C)cc2)cc1Cl. The Balaban J connectivity index is 1.76. The van der Waals surface area contributed by atoms with E-state index >= 15 is 0 Å². The Morgan fingerprint density at radius 1 is 0.944 bits per heavy atom. The summed E-state index contributed by atoms with van der Waals surface area (Å²) in [5, 5.41) is 2.91. The van der Waals surface area contributed by atoms with Crippen LogP contribution in [-0.2, 0) is 25.0 Å². The fraction of sp³-hybridized carbons (Fsp3) is 0.174. The summed E-state index contributed by atoms with van der Waals surface area (Å²) in [6, 6.07) is 15.2. The molecule has 0 spiro atoms. The molecule has 3 aromatic carbocycles. The molecular weight excluding hydrogens is 531 g/mol. The summed E-state index contributed by atoms with van der Waals surface area (Å²) >= 11 is 6.05. The molecule has 0 aliphatic carbocycles. The molecule has 0 aliphatic heterocycles. The Morgan fingerprint density at radius 3 is 2.14 bits per heavy atom. The third kappa shape index (κ3) is 6.32. The monoisotopic (exact) mass is 554 g/mol. The number of hydrogen-bond donors (Lipinski definition) is 2. The quantitative estimate of drug-likeness (QED) is 0.417. The third-order valence-corrected chi connectivity index (χ3v) is 8.63. The van der Waals surface area contributed by atoms with E-state index in [0.29, 0.717) is 15.0 Å². The van der Waals surface area contributed by atoms with Gasteiger partial charge in [0, 0.05) is 24.8 Å². The van der Waals surface area contributed by atoms with E-state index in [9.17, 15) is 26.0 Å². The van der Waals surface area contributed by atoms with Crippen molar-refractivity contribution in [2.75, 3.05) is 35.0 Å². The van der Waals surface area contributed by atoms with Crippen LogP contribution in [0.5, 0.6) is 0 Å². The lowest BCUT2D eigenvalue weighted by Crippen LogP contribution is -2.44. The molecule has 192 valence electrons. The summed E-state index contributed by atoms with van der Waals surface area (Å²) in [7, 11) is -5.60. The second-order valence-electron chi connectivity index (χ2n) is 7.89. The van der Waals surface area contributed by atoms with Crippen LogP contribution in [-0.4, -0.2) is 47.7 Å². The Morgan fingerprint density at radius 2 is 1.56 bits per heavy atom. The zero-order valence-corrected chi connectivity index (χ0v) is 22.0. The molecule has 1 amide bonds. The summed E-state index contributed by atoms with van der Waals surface area (Å²) in [5.41, 5.74) is 1.02. The number of halogens is 2. The Bertz CT molecular complexity index is 1480. The first kappa shape index (κ1) is 27.4. The topological polar surface area (TPSA) is 116 Å². The molecule has 0 radical (unpaired) electrons. The summed E-state index contributed by atoms with van der Waals surface area (Å²) in [5.74, 6) is -1.57. The van der Waals surface area contributed by atoms with Crippen LogP contribution in [0.15, 0.2) is 71.6 Å². The molecule has 3 rings (SSSR count). The number of carbonyl (C=O) groups is 1. The van der Waals surface area contributed by atoms with Crippen molar-refractivity contribution in [3.05, 3.63) is 83.1 Å². The number of para-hydroxylation sites is 1. The normalized spacial score (nSPS) is 11.8. The van der Waals surface area contributed by atoms with Gasteiger partial charge in [0.15, 0.2) is 0 Å². The van der Waals surface area contributed by atoms with Gasteiger partial charge in [0.2, 0.25) is 5.91 Å². The molecule has 0 bridgehead atoms. The van der Waals surface area contributed by atoms with Crippen molar-refractivity contribution in [2.24, 2.45) is 0 Å². The van der Waals surface area contributed by atoms with Gasteiger partial charge in [-0.05, 0) is 61.0 Å². The second-order valence-corrected chi connectivity index (χ2v) is 12.0. The molecule has 36 heavy (non-hydrogen) atoms. The Hall–Kier alpha value is -3.19. The smallest absolute Gasteiger partial charge is 0.304 e. The lowest BCUT2D eigenvalue weighted by atomic mass is 10.2. The highest BCUT2D eigenvalue weighted by Crippen LogP contribution is 2.25. The van der Waals surface area contributed by atoms with E-state index in [4.69, 9.17) is 11.6 Å². The lowest BCUT2D eigenvalue weighted by Gasteiger charge is -2.27. The molecule has 2 N–H and O–H groups in total. The molecule has 9 nitrogen and oxygen atoms in total. The highest BCUT2D eigenvalue weighted by atomic mass is 35.5. The highest BCUT2D eigenvalue weighted by molar-refractivity contribution is 7.92. The maximum absolute atomic E-state index is 14.3. The molecule has 3 aromatic rings. The van der Waals surface area contributed by atoms with Crippen LogP contribution < -0.4 is 14.3 Å². The lowest BCUT2D eigenvalue weighted by molar-refractivity contribution is -0.114. The molecular formula is C23H24ClFN4O5S2. The number of aryl methyl sites for hydroxylation is 1. The maximum Gasteiger partial charge on any atom is 0.304 e. The fourth-order valence-corrected chi connectivity index (χ4v) is 5.36. The summed E-state index contributed by atoms with van der Waals surface area (Å²) in [6.07, 6.45) is 0. The Labute approximate surface area is 214 Å². The van der Waals surface area contributed by atoms with Gasteiger partial charge in [-0.15, -0.1) is 0 Å². The number of amides is 1. The zero-order chi connectivity index (χ0) is 26.7. The van der Waals surface area contributed by atoms with Gasteiger partial charge < -0.3 is 5.32 Å². The van der Waals surface area contributed by atoms with Crippen molar-refractivity contribution in [1.29, 1.82) is 0 Å². The van der Waals surface area contributed by atoms with Crippen LogP contribution in [0.1, 0.15) is 5.56 Å². The van der Waals surface area contributed by atoms with Crippen molar-refractivity contribution in [2.45, 2.75) is 11.8 Å². The van der Waals surface area contributed by atoms with Gasteiger partial charge >= 0.3 is 10.2 Å². The minimum atomic E-state index is -4.19. The number of carbonyl (C=O) groups excluding carboxylic acids is 1. The molecule has 0 saturated heterocycles. The van der Waals surface area contributed by atoms with E-state index in [2.05, 4.69) is 10.0 Å². The van der Waals surface area contributed by atoms with Gasteiger partial charge in [0.05, 0.1) is 16.3 Å². The van der Waals surface area contributed by atoms with Gasteiger partial charge in [0.1, 0.15) is 12.4 Å². The van der Waals surface area contributed by atoms with Crippen molar-refractivity contribution in [3.63, 3.8) is 0 Å². The average molecular weight is 555 g/mol. The average Bonchev–Trinajstić information content (AvgIpc) is 2.80. The number of anilines is 3. The number of sulfonamides is 1. The molecule has 0 aliphatic rings. The second kappa shape index (κ2) is 10.8. The Kier molecular flexibility index (Phi) is 8.24. The molecule has 0 saturated carbocycles. The van der Waals surface area contributed by atoms with E-state index in [0.717, 1.165) is 15.9 Å². The van der Waals surface area contributed by atoms with Crippen molar-refractivity contribution < 1.29 is 26.0 Å². The zero-order valence-electron chi connectivity index (χ0n) is 19.6. The van der Waals surface area contributed by atoms with Crippen LogP contribution in [0.4, 0.5) is 21.5 Å². The van der Waals surface area contributed by atoms with Crippen molar-refractivity contribution in [3.8, 4) is 0 Å². The van der Waals surface area contributed by atoms with Crippen LogP contribution in [0, 0.1) is 12.7 Å². The highest BCUT2D eigenvalue weighted by Gasteiger charge is 2.29. The van der Waals surface area contributed by atoms with Gasteiger partial charge in [-0.2, -0.15) is 12.7 Å². The number of nitrogens with zero attached hydrogens (tertiary/aromatic N) is 2. The summed E-state index contributed by atoms with van der Waals surface area (Å²) in [6.45, 7) is 1.08. The predicted molar refractivity (Wildman–Crippen MR) is 138 cm³/mol. The molecule has 13 heteroatoms. The van der Waals surface area contributed by atoms with Crippen LogP contribution >= 0.6 is 11.6 Å². The van der Waals surface area contributed by atoms with Gasteiger partial charge in [-0.25, -0.2) is 17.1 Å². The van der Waals surface area contributed by atoms with Crippen LogP contribution in [0.3, 0.4) is 0 Å². The van der Waals surface area contributed by atoms with E-state index in [1.165, 1.54) is 62.6 Å². The van der Waals surface area contributed by atoms with E-state index in [1.54, 1.807) is 19.1 Å². The van der Waals surface area contributed by atoms with E-state index in [-0.39, 0.29) is 16.3 Å². The predicted octanol–water partition coefficient (Wildman–Crippen LogP) is 3.84. The van der Waals surface area contributed by atoms with E-state index < -0.39 is 38.5 Å². The first-order chi connectivity index (χ1) is 16.8. The van der Waals surface area contributed by atoms with Gasteiger partial charge in [0.25, 0.3) is 10.0 Å². The van der Waals surface area contributed by atoms with E-state index in [1.807, 2.05) is 0 Å². The molecule has 0 fully saturated rings. The molecule has 0 heterocycles. The number of hydrogen-bond acceptors (Lipinski definition) is 5. The summed E-state index contributed by atoms with van der Waals surface area (Å²) < 4.78 is 69.1. The first-order valence-electron chi connectivity index (χ1n) is 10.4. The molecule has 0 unspecified atom stereocenters. The fourth-order valence-electron chi connectivity index (χ4n) is 3.06. The number of nitrogens with one attached hydrogen (secondary N) is 2. The van der Waals surface area contributed by atoms with Gasteiger partial charge in [-0.3, -0.25) is 9.52 Å². The molecule has 0 aromatic heterocycles. The third-order valence-electron chi connectivity index (χ3n) is 5.02. The maximum atomic E-state index is 14.3.